The largest absolute Gasteiger partial charge is 0.274 e. The first-order valence-corrected chi connectivity index (χ1v) is 14.3. The molecule has 4 unspecified atom stereocenters. The number of hydrogen-bond acceptors (Lipinski definition) is 12. The molecule has 2 aliphatic heterocycles. The number of hydrogen-bond donors (Lipinski definition) is 0. The molecule has 0 N–H and O–H groups in total. The average molecular weight is 603 g/mol. The van der Waals surface area contributed by atoms with Gasteiger partial charge in [0.15, 0.2) is 10.3 Å². The molecule has 2 bridgehead atoms. The van der Waals surface area contributed by atoms with E-state index in [1.807, 2.05) is 0 Å². The van der Waals surface area contributed by atoms with E-state index in [0.717, 1.165) is 32.5 Å². The van der Waals surface area contributed by atoms with Crippen molar-refractivity contribution in [1.82, 2.24) is 9.97 Å². The average Bonchev–Trinajstić information content (AvgIpc) is 3.70. The monoisotopic (exact) mass is 602 g/mol. The zero-order valence-electron chi connectivity index (χ0n) is 20.8. The number of carbonyl (C=O) groups excluding carboxylic acids is 4. The normalized spacial score (nSPS) is 27.9. The van der Waals surface area contributed by atoms with Crippen LogP contribution in [-0.2, 0) is 19.2 Å². The molecule has 2 aromatic heterocycles. The molecule has 3 fully saturated rings. The molecule has 9 rings (SSSR count). The van der Waals surface area contributed by atoms with Crippen molar-refractivity contribution < 1.29 is 29.0 Å². The van der Waals surface area contributed by atoms with E-state index >= 15 is 0 Å². The molecule has 16 heteroatoms. The zero-order chi connectivity index (χ0) is 29.2. The molecule has 4 heterocycles. The summed E-state index contributed by atoms with van der Waals surface area (Å²) in [5, 5.41) is 22.5. The topological polar surface area (TPSA) is 187 Å². The van der Waals surface area contributed by atoms with Crippen molar-refractivity contribution in [3.63, 3.8) is 0 Å². The van der Waals surface area contributed by atoms with Crippen molar-refractivity contribution in [3.8, 4) is 0 Å². The van der Waals surface area contributed by atoms with Crippen LogP contribution in [0.25, 0.3) is 20.4 Å². The van der Waals surface area contributed by atoms with Gasteiger partial charge in [-0.25, -0.2) is 19.8 Å². The molecule has 4 atom stereocenters. The summed E-state index contributed by atoms with van der Waals surface area (Å²) in [6, 6.07) is 8.20. The quantitative estimate of drug-likeness (QED) is 0.145. The summed E-state index contributed by atoms with van der Waals surface area (Å²) < 4.78 is 1.12. The number of aromatic nitrogens is 2. The SMILES string of the molecule is O=C1C2C3C=CC(C2C(=O)N1c1nc2cc([N+](=O)[O-])ccc2s1)C1C(=O)N(c2nc4cc([N+](=O)[O-])ccc4s2)C(=O)C31. The summed E-state index contributed by atoms with van der Waals surface area (Å²) in [5.74, 6) is -7.00. The third-order valence-electron chi connectivity index (χ3n) is 8.53. The lowest BCUT2D eigenvalue weighted by Gasteiger charge is -2.44. The number of nitrogens with zero attached hydrogens (tertiary/aromatic N) is 6. The molecule has 3 aliphatic carbocycles. The van der Waals surface area contributed by atoms with E-state index in [4.69, 9.17) is 0 Å². The van der Waals surface area contributed by atoms with Crippen LogP contribution in [0, 0.1) is 55.7 Å². The number of nitro benzene ring substituents is 2. The first kappa shape index (κ1) is 24.8. The second kappa shape index (κ2) is 8.29. The molecule has 4 amide bonds. The second-order valence-electron chi connectivity index (χ2n) is 10.5. The van der Waals surface area contributed by atoms with Crippen LogP contribution < -0.4 is 9.80 Å². The van der Waals surface area contributed by atoms with E-state index in [0.29, 0.717) is 9.40 Å². The van der Waals surface area contributed by atoms with Gasteiger partial charge in [0.2, 0.25) is 23.6 Å². The first-order chi connectivity index (χ1) is 20.1. The fourth-order valence-corrected chi connectivity index (χ4v) is 8.74. The Hall–Kier alpha value is -4.96. The number of allylic oxidation sites excluding steroid dienone is 2. The van der Waals surface area contributed by atoms with Crippen LogP contribution >= 0.6 is 22.7 Å². The molecule has 5 aliphatic rings. The summed E-state index contributed by atoms with van der Waals surface area (Å²) in [6.07, 6.45) is 3.47. The number of amides is 4. The number of non-ortho nitro benzene ring substituents is 2. The van der Waals surface area contributed by atoms with E-state index in [9.17, 15) is 39.4 Å². The summed E-state index contributed by atoms with van der Waals surface area (Å²) in [4.78, 5) is 87.0. The lowest BCUT2D eigenvalue weighted by Crippen LogP contribution is -2.50. The molecule has 4 aromatic rings. The molecule has 0 spiro atoms. The predicted octanol–water partition coefficient (Wildman–Crippen LogP) is 3.45. The van der Waals surface area contributed by atoms with Gasteiger partial charge >= 0.3 is 0 Å². The number of thiazole rings is 2. The summed E-state index contributed by atoms with van der Waals surface area (Å²) in [6.45, 7) is 0. The number of imide groups is 2. The lowest BCUT2D eigenvalue weighted by molar-refractivity contribution is -0.384. The van der Waals surface area contributed by atoms with Gasteiger partial charge in [-0.05, 0) is 12.1 Å². The highest BCUT2D eigenvalue weighted by Crippen LogP contribution is 2.59. The molecule has 208 valence electrons. The maximum atomic E-state index is 13.8. The smallest absolute Gasteiger partial charge is 0.271 e. The van der Waals surface area contributed by atoms with Crippen LogP contribution in [0.15, 0.2) is 48.6 Å². The van der Waals surface area contributed by atoms with Crippen molar-refractivity contribution >= 4 is 88.4 Å². The number of fused-ring (bicyclic) bond motifs is 2. The van der Waals surface area contributed by atoms with Gasteiger partial charge in [0.25, 0.3) is 11.4 Å². The second-order valence-corrected chi connectivity index (χ2v) is 12.5. The highest BCUT2D eigenvalue weighted by molar-refractivity contribution is 7.23. The van der Waals surface area contributed by atoms with Crippen molar-refractivity contribution in [2.24, 2.45) is 35.5 Å². The Labute approximate surface area is 241 Å². The summed E-state index contributed by atoms with van der Waals surface area (Å²) >= 11 is 2.11. The highest BCUT2D eigenvalue weighted by Gasteiger charge is 2.69. The van der Waals surface area contributed by atoms with Gasteiger partial charge in [0, 0.05) is 36.1 Å². The number of nitro groups is 2. The Balaban J connectivity index is 1.14. The Morgan fingerprint density at radius 3 is 1.31 bits per heavy atom. The van der Waals surface area contributed by atoms with Crippen LogP contribution in [0.2, 0.25) is 0 Å². The van der Waals surface area contributed by atoms with E-state index < -0.39 is 69.0 Å². The van der Waals surface area contributed by atoms with Crippen molar-refractivity contribution in [3.05, 3.63) is 68.8 Å². The van der Waals surface area contributed by atoms with E-state index in [2.05, 4.69) is 9.97 Å². The van der Waals surface area contributed by atoms with Gasteiger partial charge in [-0.3, -0.25) is 39.4 Å². The van der Waals surface area contributed by atoms with Crippen molar-refractivity contribution in [2.45, 2.75) is 0 Å². The Morgan fingerprint density at radius 2 is 0.976 bits per heavy atom. The number of anilines is 2. The van der Waals surface area contributed by atoms with Gasteiger partial charge in [0.1, 0.15) is 0 Å². The molecule has 2 aromatic carbocycles. The fourth-order valence-electron chi connectivity index (χ4n) is 6.83. The first-order valence-electron chi connectivity index (χ1n) is 12.7. The molecule has 0 radical (unpaired) electrons. The number of rotatable bonds is 4. The number of carbonyl (C=O) groups is 4. The van der Waals surface area contributed by atoms with Gasteiger partial charge in [0.05, 0.1) is 54.0 Å². The summed E-state index contributed by atoms with van der Waals surface area (Å²) in [7, 11) is 0. The maximum Gasteiger partial charge on any atom is 0.271 e. The zero-order valence-corrected chi connectivity index (χ0v) is 22.5. The maximum absolute atomic E-state index is 13.8. The Kier molecular flexibility index (Phi) is 4.90. The van der Waals surface area contributed by atoms with E-state index in [1.165, 1.54) is 36.4 Å². The molecular weight excluding hydrogens is 588 g/mol. The fraction of sp³-hybridized carbons (Fsp3) is 0.231. The lowest BCUT2D eigenvalue weighted by atomic mass is 9.54. The van der Waals surface area contributed by atoms with Crippen LogP contribution in [0.4, 0.5) is 21.6 Å². The molecule has 2 saturated heterocycles. The van der Waals surface area contributed by atoms with Crippen molar-refractivity contribution in [1.29, 1.82) is 0 Å². The van der Waals surface area contributed by atoms with Crippen LogP contribution in [-0.4, -0.2) is 43.4 Å². The van der Waals surface area contributed by atoms with Gasteiger partial charge in [-0.15, -0.1) is 0 Å². The van der Waals surface area contributed by atoms with Crippen LogP contribution in [0.3, 0.4) is 0 Å². The van der Waals surface area contributed by atoms with Crippen LogP contribution in [0.5, 0.6) is 0 Å². The van der Waals surface area contributed by atoms with E-state index in [1.54, 1.807) is 12.2 Å². The third-order valence-corrected chi connectivity index (χ3v) is 10.6. The Bertz CT molecular complexity index is 1830. The molecule has 1 saturated carbocycles. The van der Waals surface area contributed by atoms with Gasteiger partial charge < -0.3 is 0 Å². The summed E-state index contributed by atoms with van der Waals surface area (Å²) in [5.41, 5.74) is 0.213. The molecular formula is C26H14N6O8S2. The minimum Gasteiger partial charge on any atom is -0.274 e. The highest BCUT2D eigenvalue weighted by atomic mass is 32.1. The molecule has 14 nitrogen and oxygen atoms in total. The minimum absolute atomic E-state index is 0.0855. The standard InChI is InChI=1S/C26H14N6O8S2/c33-21-17-11-3-4-12(18(17)22(34)29(21)25-27-13-7-9(31(37)38)1-5-15(13)41-25)20-19(11)23(35)30(24(20)36)26-28-14-8-10(32(39)40)2-6-16(14)42-26/h1-8,11-12,17-20H. The Morgan fingerprint density at radius 1 is 0.619 bits per heavy atom. The van der Waals surface area contributed by atoms with Crippen LogP contribution in [0.1, 0.15) is 0 Å². The predicted molar refractivity (Wildman–Crippen MR) is 148 cm³/mol. The number of benzene rings is 2. The van der Waals surface area contributed by atoms with Gasteiger partial charge in [-0.2, -0.15) is 0 Å². The third kappa shape index (κ3) is 3.12. The van der Waals surface area contributed by atoms with E-state index in [-0.39, 0.29) is 32.7 Å². The molecule has 42 heavy (non-hydrogen) atoms. The van der Waals surface area contributed by atoms with Crippen molar-refractivity contribution in [2.75, 3.05) is 9.80 Å². The minimum atomic E-state index is -0.871. The van der Waals surface area contributed by atoms with Gasteiger partial charge in [-0.1, -0.05) is 34.8 Å².